The molecule has 19 heavy (non-hydrogen) atoms. The van der Waals surface area contributed by atoms with Crippen LogP contribution in [0.3, 0.4) is 0 Å². The number of ether oxygens (including phenoxy) is 1. The van der Waals surface area contributed by atoms with Gasteiger partial charge in [0.15, 0.2) is 0 Å². The first kappa shape index (κ1) is 12.8. The van der Waals surface area contributed by atoms with E-state index < -0.39 is 0 Å². The van der Waals surface area contributed by atoms with Crippen molar-refractivity contribution >= 4 is 11.3 Å². The van der Waals surface area contributed by atoms with Crippen LogP contribution < -0.4 is 0 Å². The Kier molecular flexibility index (Phi) is 3.67. The Labute approximate surface area is 118 Å². The maximum atomic E-state index is 5.61. The Bertz CT molecular complexity index is 546. The second kappa shape index (κ2) is 5.43. The molecular weight excluding hydrogens is 254 g/mol. The Morgan fingerprint density at radius 3 is 2.79 bits per heavy atom. The molecule has 3 heteroatoms. The van der Waals surface area contributed by atoms with Gasteiger partial charge in [-0.2, -0.15) is 0 Å². The van der Waals surface area contributed by atoms with E-state index in [1.165, 1.54) is 16.1 Å². The molecule has 100 valence electrons. The van der Waals surface area contributed by atoms with Gasteiger partial charge in [-0.05, 0) is 26.7 Å². The van der Waals surface area contributed by atoms with Crippen molar-refractivity contribution in [1.29, 1.82) is 0 Å². The first-order chi connectivity index (χ1) is 9.22. The van der Waals surface area contributed by atoms with Gasteiger partial charge in [0, 0.05) is 23.5 Å². The summed E-state index contributed by atoms with van der Waals surface area (Å²) in [7, 11) is 0. The van der Waals surface area contributed by atoms with E-state index in [1.54, 1.807) is 11.3 Å². The molecule has 0 amide bonds. The number of hydrogen-bond acceptors (Lipinski definition) is 3. The van der Waals surface area contributed by atoms with Gasteiger partial charge in [0.25, 0.3) is 0 Å². The lowest BCUT2D eigenvalue weighted by Gasteiger charge is -2.25. The average Bonchev–Trinajstić information content (AvgIpc) is 2.89. The molecule has 2 heterocycles. The van der Waals surface area contributed by atoms with E-state index in [0.29, 0.717) is 12.0 Å². The van der Waals surface area contributed by atoms with Crippen molar-refractivity contribution in [2.45, 2.75) is 38.7 Å². The fraction of sp³-hybridized carbons (Fsp3) is 0.438. The van der Waals surface area contributed by atoms with Crippen LogP contribution in [0.25, 0.3) is 11.3 Å². The Morgan fingerprint density at radius 2 is 2.05 bits per heavy atom. The third kappa shape index (κ3) is 2.88. The quantitative estimate of drug-likeness (QED) is 0.809. The standard InChI is InChI=1S/C16H19NOS/c1-11-3-5-13(6-4-11)15-10-19-16(17-15)14-7-8-18-12(2)9-14/h3-6,10,12,14H,7-9H2,1-2H3. The number of thiazole rings is 1. The van der Waals surface area contributed by atoms with Crippen molar-refractivity contribution in [3.63, 3.8) is 0 Å². The highest BCUT2D eigenvalue weighted by Gasteiger charge is 2.23. The van der Waals surface area contributed by atoms with Gasteiger partial charge in [-0.1, -0.05) is 29.8 Å². The molecule has 0 bridgehead atoms. The Hall–Kier alpha value is -1.19. The third-order valence-electron chi connectivity index (χ3n) is 3.70. The topological polar surface area (TPSA) is 22.1 Å². The van der Waals surface area contributed by atoms with E-state index in [9.17, 15) is 0 Å². The molecule has 1 aromatic heterocycles. The normalized spacial score (nSPS) is 23.5. The maximum absolute atomic E-state index is 5.61. The molecule has 2 aromatic rings. The van der Waals surface area contributed by atoms with Crippen LogP contribution in [0, 0.1) is 6.92 Å². The van der Waals surface area contributed by atoms with Gasteiger partial charge < -0.3 is 4.74 Å². The van der Waals surface area contributed by atoms with Crippen LogP contribution in [-0.4, -0.2) is 17.7 Å². The molecular formula is C16H19NOS. The van der Waals surface area contributed by atoms with Gasteiger partial charge in [0.1, 0.15) is 0 Å². The van der Waals surface area contributed by atoms with Crippen LogP contribution in [0.4, 0.5) is 0 Å². The van der Waals surface area contributed by atoms with Gasteiger partial charge >= 0.3 is 0 Å². The highest BCUT2D eigenvalue weighted by atomic mass is 32.1. The van der Waals surface area contributed by atoms with Crippen LogP contribution in [0.1, 0.15) is 36.3 Å². The average molecular weight is 273 g/mol. The van der Waals surface area contributed by atoms with Crippen LogP contribution in [0.15, 0.2) is 29.6 Å². The molecule has 2 atom stereocenters. The van der Waals surface area contributed by atoms with Crippen molar-refractivity contribution in [3.05, 3.63) is 40.2 Å². The predicted octanol–water partition coefficient (Wildman–Crippen LogP) is 4.40. The molecule has 2 nitrogen and oxygen atoms in total. The van der Waals surface area contributed by atoms with Crippen molar-refractivity contribution in [3.8, 4) is 11.3 Å². The number of aryl methyl sites for hydroxylation is 1. The summed E-state index contributed by atoms with van der Waals surface area (Å²) < 4.78 is 5.61. The van der Waals surface area contributed by atoms with Crippen LogP contribution in [0.2, 0.25) is 0 Å². The first-order valence-electron chi connectivity index (χ1n) is 6.86. The van der Waals surface area contributed by atoms with Crippen LogP contribution in [0.5, 0.6) is 0 Å². The highest BCUT2D eigenvalue weighted by Crippen LogP contribution is 2.34. The third-order valence-corrected chi connectivity index (χ3v) is 4.71. The molecule has 1 aliphatic heterocycles. The summed E-state index contributed by atoms with van der Waals surface area (Å²) in [5, 5.41) is 3.45. The number of hydrogen-bond donors (Lipinski definition) is 0. The number of aromatic nitrogens is 1. The zero-order valence-corrected chi connectivity index (χ0v) is 12.2. The van der Waals surface area contributed by atoms with Gasteiger partial charge in [0.05, 0.1) is 16.8 Å². The fourth-order valence-corrected chi connectivity index (χ4v) is 3.53. The molecule has 2 unspecified atom stereocenters. The zero-order valence-electron chi connectivity index (χ0n) is 11.4. The molecule has 0 N–H and O–H groups in total. The summed E-state index contributed by atoms with van der Waals surface area (Å²) in [5.41, 5.74) is 3.62. The lowest BCUT2D eigenvalue weighted by molar-refractivity contribution is 0.0186. The van der Waals surface area contributed by atoms with Gasteiger partial charge in [-0.15, -0.1) is 11.3 Å². The summed E-state index contributed by atoms with van der Waals surface area (Å²) in [6.45, 7) is 5.13. The summed E-state index contributed by atoms with van der Waals surface area (Å²) in [5.74, 6) is 0.577. The largest absolute Gasteiger partial charge is 0.378 e. The predicted molar refractivity (Wildman–Crippen MR) is 79.7 cm³/mol. The Morgan fingerprint density at radius 1 is 1.26 bits per heavy atom. The second-order valence-electron chi connectivity index (χ2n) is 5.34. The first-order valence-corrected chi connectivity index (χ1v) is 7.74. The van der Waals surface area contributed by atoms with Crippen molar-refractivity contribution in [2.24, 2.45) is 0 Å². The Balaban J connectivity index is 1.81. The monoisotopic (exact) mass is 273 g/mol. The SMILES string of the molecule is Cc1ccc(-c2csc(C3CCOC(C)C3)n2)cc1. The molecule has 0 saturated carbocycles. The molecule has 1 aliphatic rings. The van der Waals surface area contributed by atoms with Crippen molar-refractivity contribution < 1.29 is 4.74 Å². The van der Waals surface area contributed by atoms with Gasteiger partial charge in [0.2, 0.25) is 0 Å². The van der Waals surface area contributed by atoms with Crippen molar-refractivity contribution in [2.75, 3.05) is 6.61 Å². The molecule has 3 rings (SSSR count). The molecule has 1 fully saturated rings. The summed E-state index contributed by atoms with van der Waals surface area (Å²) in [4.78, 5) is 4.83. The van der Waals surface area contributed by atoms with Gasteiger partial charge in [-0.25, -0.2) is 4.98 Å². The van der Waals surface area contributed by atoms with Crippen molar-refractivity contribution in [1.82, 2.24) is 4.98 Å². The van der Waals surface area contributed by atoms with E-state index >= 15 is 0 Å². The van der Waals surface area contributed by atoms with Crippen LogP contribution >= 0.6 is 11.3 Å². The summed E-state index contributed by atoms with van der Waals surface area (Å²) in [6.07, 6.45) is 2.57. The minimum Gasteiger partial charge on any atom is -0.378 e. The second-order valence-corrected chi connectivity index (χ2v) is 6.23. The number of nitrogens with zero attached hydrogens (tertiary/aromatic N) is 1. The molecule has 0 spiro atoms. The summed E-state index contributed by atoms with van der Waals surface area (Å²) >= 11 is 1.79. The lowest BCUT2D eigenvalue weighted by Crippen LogP contribution is -2.21. The van der Waals surface area contributed by atoms with Crippen LogP contribution in [-0.2, 0) is 4.74 Å². The van der Waals surface area contributed by atoms with E-state index in [4.69, 9.17) is 9.72 Å². The van der Waals surface area contributed by atoms with E-state index in [-0.39, 0.29) is 0 Å². The van der Waals surface area contributed by atoms with E-state index in [0.717, 1.165) is 25.1 Å². The van der Waals surface area contributed by atoms with E-state index in [1.807, 2.05) is 0 Å². The fourth-order valence-electron chi connectivity index (χ4n) is 2.55. The molecule has 1 saturated heterocycles. The minimum atomic E-state index is 0.366. The summed E-state index contributed by atoms with van der Waals surface area (Å²) in [6, 6.07) is 8.59. The highest BCUT2D eigenvalue weighted by molar-refractivity contribution is 7.10. The number of rotatable bonds is 2. The maximum Gasteiger partial charge on any atom is 0.0965 e. The molecule has 0 radical (unpaired) electrons. The lowest BCUT2D eigenvalue weighted by atomic mass is 9.97. The smallest absolute Gasteiger partial charge is 0.0965 e. The number of benzene rings is 1. The van der Waals surface area contributed by atoms with E-state index in [2.05, 4.69) is 43.5 Å². The minimum absolute atomic E-state index is 0.366. The van der Waals surface area contributed by atoms with Gasteiger partial charge in [-0.3, -0.25) is 0 Å². The zero-order chi connectivity index (χ0) is 13.2. The molecule has 0 aliphatic carbocycles. The molecule has 1 aromatic carbocycles.